The van der Waals surface area contributed by atoms with Crippen molar-refractivity contribution in [1.82, 2.24) is 29.9 Å². The van der Waals surface area contributed by atoms with Crippen LogP contribution in [-0.2, 0) is 4.74 Å². The van der Waals surface area contributed by atoms with E-state index in [1.165, 1.54) is 17.5 Å². The number of aromatic nitrogens is 6. The van der Waals surface area contributed by atoms with Crippen molar-refractivity contribution in [2.75, 3.05) is 11.1 Å². The highest BCUT2D eigenvalue weighted by Crippen LogP contribution is 2.34. The molecule has 12 nitrogen and oxygen atoms in total. The van der Waals surface area contributed by atoms with E-state index >= 15 is 0 Å². The Kier molecular flexibility index (Phi) is 12.3. The molecule has 0 aliphatic heterocycles. The lowest BCUT2D eigenvalue weighted by Gasteiger charge is -2.21. The Balaban J connectivity index is 0.000000175. The number of carbonyl (C=O) groups is 2. The number of fused-ring (bicyclic) bond motifs is 3. The van der Waals surface area contributed by atoms with E-state index in [1.54, 1.807) is 35.1 Å². The number of rotatable bonds is 5. The SMILES string of the molecule is Cc1nc2c(C(C)C)c(C(=O)O)cnc2s1.Cc1nc2c(C(C)C)c(N)cnc2s1.Cc1nc2c(C(C)C)c(NC(=O)OC(C)(C)C)cnc2s1. The number of carboxylic acid groups (broad SMARTS) is 1. The molecule has 0 atom stereocenters. The number of carbonyl (C=O) groups excluding carboxylic acids is 1. The van der Waals surface area contributed by atoms with Crippen LogP contribution in [0.15, 0.2) is 18.6 Å². The van der Waals surface area contributed by atoms with Crippen molar-refractivity contribution >= 4 is 88.5 Å². The fraction of sp³-hybridized carbons (Fsp3) is 0.444. The maximum Gasteiger partial charge on any atom is 0.412 e. The molecule has 0 bridgehead atoms. The second-order valence-corrected chi connectivity index (χ2v) is 17.4. The highest BCUT2D eigenvalue weighted by atomic mass is 32.1. The summed E-state index contributed by atoms with van der Waals surface area (Å²) in [6.07, 6.45) is 4.36. The van der Waals surface area contributed by atoms with E-state index in [2.05, 4.69) is 62.9 Å². The number of hydrogen-bond donors (Lipinski definition) is 3. The number of pyridine rings is 3. The van der Waals surface area contributed by atoms with Gasteiger partial charge in [0, 0.05) is 17.3 Å². The zero-order valence-corrected chi connectivity index (χ0v) is 33.6. The Labute approximate surface area is 310 Å². The topological polar surface area (TPSA) is 179 Å². The molecular weight excluding hydrogens is 705 g/mol. The van der Waals surface area contributed by atoms with Crippen molar-refractivity contribution in [2.45, 2.75) is 106 Å². The second-order valence-electron chi connectivity index (χ2n) is 13.9. The first-order valence-corrected chi connectivity index (χ1v) is 19.0. The first kappa shape index (κ1) is 39.4. The minimum Gasteiger partial charge on any atom is -0.478 e. The first-order valence-electron chi connectivity index (χ1n) is 16.5. The van der Waals surface area contributed by atoms with Crippen LogP contribution >= 0.6 is 34.0 Å². The Bertz CT molecular complexity index is 2200. The van der Waals surface area contributed by atoms with Crippen LogP contribution in [0.1, 0.15) is 122 Å². The van der Waals surface area contributed by atoms with Crippen LogP contribution in [0.25, 0.3) is 31.0 Å². The summed E-state index contributed by atoms with van der Waals surface area (Å²) in [4.78, 5) is 51.9. The minimum absolute atomic E-state index is 0.123. The summed E-state index contributed by atoms with van der Waals surface area (Å²) in [5.74, 6) is -0.203. The molecule has 6 heterocycles. The van der Waals surface area contributed by atoms with Crippen molar-refractivity contribution < 1.29 is 19.4 Å². The molecular formula is C36H46N8O4S3. The van der Waals surface area contributed by atoms with E-state index in [9.17, 15) is 9.59 Å². The van der Waals surface area contributed by atoms with E-state index < -0.39 is 17.7 Å². The molecule has 0 radical (unpaired) electrons. The van der Waals surface area contributed by atoms with E-state index in [4.69, 9.17) is 15.6 Å². The summed E-state index contributed by atoms with van der Waals surface area (Å²) in [6.45, 7) is 23.7. The zero-order valence-electron chi connectivity index (χ0n) is 31.1. The molecule has 0 spiro atoms. The minimum atomic E-state index is -0.941. The van der Waals surface area contributed by atoms with Gasteiger partial charge in [-0.3, -0.25) is 5.32 Å². The number of nitrogens with one attached hydrogen (secondary N) is 1. The van der Waals surface area contributed by atoms with Crippen molar-refractivity contribution in [1.29, 1.82) is 0 Å². The number of aryl methyl sites for hydroxylation is 3. The van der Waals surface area contributed by atoms with E-state index in [1.807, 2.05) is 55.4 Å². The molecule has 15 heteroatoms. The smallest absolute Gasteiger partial charge is 0.412 e. The van der Waals surface area contributed by atoms with Gasteiger partial charge < -0.3 is 15.6 Å². The fourth-order valence-electron chi connectivity index (χ4n) is 5.47. The van der Waals surface area contributed by atoms with Crippen molar-refractivity contribution in [3.8, 4) is 0 Å². The first-order chi connectivity index (χ1) is 23.8. The van der Waals surface area contributed by atoms with Gasteiger partial charge >= 0.3 is 12.1 Å². The third-order valence-corrected chi connectivity index (χ3v) is 9.98. The molecule has 6 rings (SSSR count). The van der Waals surface area contributed by atoms with Crippen LogP contribution in [0.3, 0.4) is 0 Å². The number of amides is 1. The van der Waals surface area contributed by atoms with Gasteiger partial charge in [0.15, 0.2) is 0 Å². The molecule has 6 aromatic heterocycles. The molecule has 0 fully saturated rings. The molecule has 272 valence electrons. The van der Waals surface area contributed by atoms with Gasteiger partial charge in [-0.25, -0.2) is 39.5 Å². The number of ether oxygens (including phenoxy) is 1. The van der Waals surface area contributed by atoms with Gasteiger partial charge in [0.1, 0.15) is 36.6 Å². The Hall–Kier alpha value is -4.34. The van der Waals surface area contributed by atoms with Crippen molar-refractivity contribution in [3.05, 3.63) is 55.9 Å². The summed E-state index contributed by atoms with van der Waals surface area (Å²) >= 11 is 4.66. The van der Waals surface area contributed by atoms with Gasteiger partial charge in [0.2, 0.25) is 0 Å². The predicted octanol–water partition coefficient (Wildman–Crippen LogP) is 10.00. The average Bonchev–Trinajstić information content (AvgIpc) is 3.69. The van der Waals surface area contributed by atoms with Crippen LogP contribution in [0.4, 0.5) is 16.2 Å². The Morgan fingerprint density at radius 2 is 1.12 bits per heavy atom. The van der Waals surface area contributed by atoms with Gasteiger partial charge in [0.25, 0.3) is 0 Å². The predicted molar refractivity (Wildman–Crippen MR) is 210 cm³/mol. The van der Waals surface area contributed by atoms with E-state index in [0.717, 1.165) is 68.4 Å². The van der Waals surface area contributed by atoms with Crippen molar-refractivity contribution in [2.24, 2.45) is 0 Å². The number of thiazole rings is 3. The van der Waals surface area contributed by atoms with Gasteiger partial charge in [-0.1, -0.05) is 75.6 Å². The summed E-state index contributed by atoms with van der Waals surface area (Å²) in [6, 6.07) is 0. The number of nitrogens with two attached hydrogens (primary N) is 1. The van der Waals surface area contributed by atoms with Gasteiger partial charge in [-0.05, 0) is 64.9 Å². The quantitative estimate of drug-likeness (QED) is 0.153. The second kappa shape index (κ2) is 15.9. The van der Waals surface area contributed by atoms with Crippen LogP contribution in [0.5, 0.6) is 0 Å². The molecule has 6 aromatic rings. The fourth-order valence-corrected chi connectivity index (χ4v) is 7.80. The lowest BCUT2D eigenvalue weighted by Crippen LogP contribution is -2.27. The number of hydrogen-bond acceptors (Lipinski definition) is 13. The number of carboxylic acids is 1. The summed E-state index contributed by atoms with van der Waals surface area (Å²) in [5, 5.41) is 14.8. The van der Waals surface area contributed by atoms with Crippen LogP contribution in [-0.4, -0.2) is 52.7 Å². The van der Waals surface area contributed by atoms with Gasteiger partial charge in [0.05, 0.1) is 44.4 Å². The molecule has 51 heavy (non-hydrogen) atoms. The van der Waals surface area contributed by atoms with Crippen LogP contribution in [0, 0.1) is 20.8 Å². The highest BCUT2D eigenvalue weighted by molar-refractivity contribution is 7.18. The molecule has 1 amide bonds. The summed E-state index contributed by atoms with van der Waals surface area (Å²) < 4.78 is 5.30. The van der Waals surface area contributed by atoms with Crippen LogP contribution in [0.2, 0.25) is 0 Å². The van der Waals surface area contributed by atoms with Gasteiger partial charge in [-0.2, -0.15) is 0 Å². The molecule has 0 unspecified atom stereocenters. The monoisotopic (exact) mass is 750 g/mol. The lowest BCUT2D eigenvalue weighted by molar-refractivity contribution is 0.0633. The van der Waals surface area contributed by atoms with Gasteiger partial charge in [-0.15, -0.1) is 0 Å². The Morgan fingerprint density at radius 3 is 1.55 bits per heavy atom. The maximum atomic E-state index is 12.0. The third-order valence-electron chi connectivity index (χ3n) is 7.35. The molecule has 0 aliphatic carbocycles. The number of anilines is 2. The molecule has 0 aliphatic rings. The highest BCUT2D eigenvalue weighted by Gasteiger charge is 2.22. The Morgan fingerprint density at radius 1 is 0.706 bits per heavy atom. The largest absolute Gasteiger partial charge is 0.478 e. The van der Waals surface area contributed by atoms with E-state index in [0.29, 0.717) is 11.6 Å². The number of nitrogens with zero attached hydrogens (tertiary/aromatic N) is 6. The number of nitrogen functional groups attached to an aromatic ring is 1. The van der Waals surface area contributed by atoms with Crippen LogP contribution < -0.4 is 11.1 Å². The molecule has 0 saturated heterocycles. The number of aromatic carboxylic acids is 1. The maximum absolute atomic E-state index is 12.0. The third kappa shape index (κ3) is 9.51. The zero-order chi connectivity index (χ0) is 37.9. The average molecular weight is 751 g/mol. The summed E-state index contributed by atoms with van der Waals surface area (Å²) in [7, 11) is 0. The normalized spacial score (nSPS) is 11.6. The molecule has 4 N–H and O–H groups in total. The van der Waals surface area contributed by atoms with E-state index in [-0.39, 0.29) is 17.4 Å². The lowest BCUT2D eigenvalue weighted by atomic mass is 9.98. The molecule has 0 saturated carbocycles. The summed E-state index contributed by atoms with van der Waals surface area (Å²) in [5.41, 5.74) is 12.5. The molecule has 0 aromatic carbocycles. The standard InChI is InChI=1S/C15H21N3O2S.C11H12N2O2S.C10H13N3S/c1-8(2)11-10(18-14(19)20-15(4,5)6)7-16-13-12(11)17-9(3)21-13;1-5(2)8-7(11(14)15)4-12-10-9(8)13-6(3)16-10;1-5(2)8-7(11)4-12-10-9(8)13-6(3)14-10/h7-8H,1-6H3,(H,18,19);4-5H,1-3H3,(H,14,15);4-5H,11H2,1-3H3. The van der Waals surface area contributed by atoms with Crippen molar-refractivity contribution in [3.63, 3.8) is 0 Å².